The Bertz CT molecular complexity index is 488. The Morgan fingerprint density at radius 3 is 2.41 bits per heavy atom. The molecule has 1 aromatic carbocycles. The molecule has 0 radical (unpaired) electrons. The quantitative estimate of drug-likeness (QED) is 0.906. The van der Waals surface area contributed by atoms with Crippen molar-refractivity contribution in [3.63, 3.8) is 0 Å². The van der Waals surface area contributed by atoms with E-state index in [-0.39, 0.29) is 0 Å². The number of hydrogen-bond donors (Lipinski definition) is 1. The van der Waals surface area contributed by atoms with Gasteiger partial charge in [0.05, 0.1) is 6.10 Å². The van der Waals surface area contributed by atoms with Crippen LogP contribution in [0.2, 0.25) is 0 Å². The summed E-state index contributed by atoms with van der Waals surface area (Å²) in [4.78, 5) is 4.58. The van der Waals surface area contributed by atoms with E-state index in [1.807, 2.05) is 7.05 Å². The second-order valence-electron chi connectivity index (χ2n) is 6.49. The fraction of sp³-hybridized carbons (Fsp3) is 0.647. The van der Waals surface area contributed by atoms with Gasteiger partial charge in [-0.1, -0.05) is 6.07 Å². The molecule has 1 aliphatic rings. The lowest BCUT2D eigenvalue weighted by Gasteiger charge is -2.39. The van der Waals surface area contributed by atoms with Crippen LogP contribution in [-0.4, -0.2) is 53.7 Å². The first-order valence-electron chi connectivity index (χ1n) is 7.95. The van der Waals surface area contributed by atoms with E-state index < -0.39 is 17.7 Å². The van der Waals surface area contributed by atoms with Gasteiger partial charge in [-0.25, -0.2) is 8.78 Å². The zero-order chi connectivity index (χ0) is 16.3. The minimum atomic E-state index is -0.913. The summed E-state index contributed by atoms with van der Waals surface area (Å²) < 4.78 is 26.2. The van der Waals surface area contributed by atoms with E-state index in [1.54, 1.807) is 0 Å². The Labute approximate surface area is 131 Å². The summed E-state index contributed by atoms with van der Waals surface area (Å²) in [5.74, 6) is -1.80. The zero-order valence-corrected chi connectivity index (χ0v) is 13.6. The highest BCUT2D eigenvalue weighted by Gasteiger charge is 2.25. The molecule has 1 aliphatic heterocycles. The first-order valence-corrected chi connectivity index (χ1v) is 7.95. The molecule has 1 saturated heterocycles. The van der Waals surface area contributed by atoms with E-state index in [0.717, 1.165) is 38.1 Å². The van der Waals surface area contributed by atoms with Crippen LogP contribution >= 0.6 is 0 Å². The van der Waals surface area contributed by atoms with Crippen LogP contribution in [0.5, 0.6) is 0 Å². The van der Waals surface area contributed by atoms with Gasteiger partial charge in [0, 0.05) is 18.6 Å². The van der Waals surface area contributed by atoms with Crippen molar-refractivity contribution in [1.29, 1.82) is 0 Å². The van der Waals surface area contributed by atoms with Gasteiger partial charge in [-0.15, -0.1) is 0 Å². The first kappa shape index (κ1) is 17.3. The molecule has 0 bridgehead atoms. The van der Waals surface area contributed by atoms with Crippen molar-refractivity contribution in [2.75, 3.05) is 26.7 Å². The number of likely N-dealkylation sites (tertiary alicyclic amines) is 1. The van der Waals surface area contributed by atoms with E-state index in [0.29, 0.717) is 24.2 Å². The van der Waals surface area contributed by atoms with Gasteiger partial charge in [0.2, 0.25) is 0 Å². The molecular formula is C17H26F2N2O. The average molecular weight is 312 g/mol. The van der Waals surface area contributed by atoms with Gasteiger partial charge in [0.1, 0.15) is 0 Å². The van der Waals surface area contributed by atoms with E-state index >= 15 is 0 Å². The van der Waals surface area contributed by atoms with Crippen molar-refractivity contribution in [2.45, 2.75) is 44.9 Å². The second-order valence-corrected chi connectivity index (χ2v) is 6.49. The Morgan fingerprint density at radius 1 is 1.23 bits per heavy atom. The van der Waals surface area contributed by atoms with Crippen LogP contribution in [0.1, 0.15) is 38.4 Å². The van der Waals surface area contributed by atoms with Crippen molar-refractivity contribution >= 4 is 0 Å². The maximum Gasteiger partial charge on any atom is 0.159 e. The molecule has 1 N–H and O–H groups in total. The first-order chi connectivity index (χ1) is 10.4. The minimum absolute atomic E-state index is 0.422. The third kappa shape index (κ3) is 4.24. The summed E-state index contributed by atoms with van der Waals surface area (Å²) in [5.41, 5.74) is 0.422. The molecule has 124 valence electrons. The second kappa shape index (κ2) is 7.49. The molecular weight excluding hydrogens is 286 g/mol. The van der Waals surface area contributed by atoms with Gasteiger partial charge in [-0.2, -0.15) is 0 Å². The molecule has 1 unspecified atom stereocenters. The highest BCUT2D eigenvalue weighted by atomic mass is 19.2. The van der Waals surface area contributed by atoms with Gasteiger partial charge in [-0.05, 0) is 64.5 Å². The van der Waals surface area contributed by atoms with Crippen molar-refractivity contribution in [2.24, 2.45) is 0 Å². The number of hydrogen-bond acceptors (Lipinski definition) is 3. The molecule has 1 atom stereocenters. The number of rotatable bonds is 5. The molecule has 0 spiro atoms. The fourth-order valence-corrected chi connectivity index (χ4v) is 3.09. The van der Waals surface area contributed by atoms with Gasteiger partial charge in [0.15, 0.2) is 11.6 Å². The van der Waals surface area contributed by atoms with Crippen molar-refractivity contribution in [3.05, 3.63) is 35.4 Å². The SMILES string of the molecule is CC(C)N1CCC(N(C)CC(O)c2ccc(F)c(F)c2)CC1. The normalized spacial score (nSPS) is 19.1. The molecule has 1 aromatic rings. The molecule has 0 saturated carbocycles. The Hall–Kier alpha value is -1.04. The van der Waals surface area contributed by atoms with Crippen LogP contribution < -0.4 is 0 Å². The molecule has 1 fully saturated rings. The zero-order valence-electron chi connectivity index (χ0n) is 13.6. The highest BCUT2D eigenvalue weighted by Crippen LogP contribution is 2.21. The monoisotopic (exact) mass is 312 g/mol. The van der Waals surface area contributed by atoms with Crippen LogP contribution in [0.25, 0.3) is 0 Å². The van der Waals surface area contributed by atoms with Crippen molar-refractivity contribution in [3.8, 4) is 0 Å². The van der Waals surface area contributed by atoms with E-state index in [9.17, 15) is 13.9 Å². The molecule has 2 rings (SSSR count). The summed E-state index contributed by atoms with van der Waals surface area (Å²) in [6, 6.07) is 4.58. The predicted octanol–water partition coefficient (Wildman–Crippen LogP) is 2.80. The van der Waals surface area contributed by atoms with Gasteiger partial charge >= 0.3 is 0 Å². The lowest BCUT2D eigenvalue weighted by molar-refractivity contribution is 0.0658. The van der Waals surface area contributed by atoms with Crippen molar-refractivity contribution < 1.29 is 13.9 Å². The number of benzene rings is 1. The summed E-state index contributed by atoms with van der Waals surface area (Å²) >= 11 is 0. The largest absolute Gasteiger partial charge is 0.387 e. The van der Waals surface area contributed by atoms with Crippen LogP contribution in [0, 0.1) is 11.6 Å². The van der Waals surface area contributed by atoms with Crippen LogP contribution in [-0.2, 0) is 0 Å². The minimum Gasteiger partial charge on any atom is -0.387 e. The van der Waals surface area contributed by atoms with Gasteiger partial charge < -0.3 is 14.9 Å². The topological polar surface area (TPSA) is 26.7 Å². The number of likely N-dealkylation sites (N-methyl/N-ethyl adjacent to an activating group) is 1. The van der Waals surface area contributed by atoms with Crippen molar-refractivity contribution in [1.82, 2.24) is 9.80 Å². The van der Waals surface area contributed by atoms with Gasteiger partial charge in [0.25, 0.3) is 0 Å². The summed E-state index contributed by atoms with van der Waals surface area (Å²) in [7, 11) is 1.98. The molecule has 1 heterocycles. The smallest absolute Gasteiger partial charge is 0.159 e. The van der Waals surface area contributed by atoms with Crippen LogP contribution in [0.15, 0.2) is 18.2 Å². The summed E-state index contributed by atoms with van der Waals surface area (Å²) in [6.45, 7) is 6.97. The Kier molecular flexibility index (Phi) is 5.89. The summed E-state index contributed by atoms with van der Waals surface area (Å²) in [6.07, 6.45) is 1.33. The molecule has 5 heteroatoms. The molecule has 0 aliphatic carbocycles. The maximum atomic E-state index is 13.2. The highest BCUT2D eigenvalue weighted by molar-refractivity contribution is 5.20. The number of nitrogens with zero attached hydrogens (tertiary/aromatic N) is 2. The van der Waals surface area contributed by atoms with Crippen LogP contribution in [0.4, 0.5) is 8.78 Å². The standard InChI is InChI=1S/C17H26F2N2O/c1-12(2)21-8-6-14(7-9-21)20(3)11-17(22)13-4-5-15(18)16(19)10-13/h4-5,10,12,14,17,22H,6-9,11H2,1-3H3. The lowest BCUT2D eigenvalue weighted by Crippen LogP contribution is -2.46. The third-order valence-corrected chi connectivity index (χ3v) is 4.64. The van der Waals surface area contributed by atoms with Crippen LogP contribution in [0.3, 0.4) is 0 Å². The lowest BCUT2D eigenvalue weighted by atomic mass is 10.0. The number of aliphatic hydroxyl groups is 1. The Balaban J connectivity index is 1.88. The Morgan fingerprint density at radius 2 is 1.86 bits per heavy atom. The number of piperidine rings is 1. The average Bonchev–Trinajstić information content (AvgIpc) is 2.50. The molecule has 3 nitrogen and oxygen atoms in total. The van der Waals surface area contributed by atoms with E-state index in [2.05, 4.69) is 23.6 Å². The fourth-order valence-electron chi connectivity index (χ4n) is 3.09. The van der Waals surface area contributed by atoms with E-state index in [4.69, 9.17) is 0 Å². The third-order valence-electron chi connectivity index (χ3n) is 4.64. The number of halogens is 2. The molecule has 22 heavy (non-hydrogen) atoms. The maximum absolute atomic E-state index is 13.2. The van der Waals surface area contributed by atoms with Gasteiger partial charge in [-0.3, -0.25) is 0 Å². The van der Waals surface area contributed by atoms with E-state index in [1.165, 1.54) is 6.07 Å². The summed E-state index contributed by atoms with van der Waals surface area (Å²) in [5, 5.41) is 10.2. The molecule has 0 amide bonds. The molecule has 0 aromatic heterocycles. The predicted molar refractivity (Wildman–Crippen MR) is 83.7 cm³/mol. The number of aliphatic hydroxyl groups excluding tert-OH is 1.